The van der Waals surface area contributed by atoms with E-state index in [4.69, 9.17) is 15.2 Å². The fourth-order valence-corrected chi connectivity index (χ4v) is 3.16. The number of hydrogen-bond donors (Lipinski definition) is 1. The fraction of sp³-hybridized carbons (Fsp3) is 0.400. The van der Waals surface area contributed by atoms with E-state index in [-0.39, 0.29) is 5.92 Å². The zero-order valence-electron chi connectivity index (χ0n) is 12.3. The van der Waals surface area contributed by atoms with Gasteiger partial charge in [-0.15, -0.1) is 0 Å². The molecule has 0 atom stereocenters. The molecule has 5 nitrogen and oxygen atoms in total. The van der Waals surface area contributed by atoms with Crippen LogP contribution in [0.4, 0.5) is 5.82 Å². The molecule has 0 spiro atoms. The number of nitrogens with zero attached hydrogens (tertiary/aromatic N) is 2. The molecule has 0 unspecified atom stereocenters. The lowest BCUT2D eigenvalue weighted by Crippen LogP contribution is -2.18. The Morgan fingerprint density at radius 1 is 1.24 bits per heavy atom. The van der Waals surface area contributed by atoms with E-state index in [0.717, 1.165) is 32.7 Å². The third-order valence-electron chi connectivity index (χ3n) is 3.66. The molecule has 1 aromatic carbocycles. The molecule has 2 aromatic rings. The van der Waals surface area contributed by atoms with Crippen molar-refractivity contribution in [1.29, 1.82) is 0 Å². The van der Waals surface area contributed by atoms with Gasteiger partial charge in [0.1, 0.15) is 19.0 Å². The van der Waals surface area contributed by atoms with Crippen LogP contribution in [0.15, 0.2) is 16.7 Å². The monoisotopic (exact) mass is 351 g/mol. The Kier molecular flexibility index (Phi) is 3.57. The average molecular weight is 352 g/mol. The largest absolute Gasteiger partial charge is 0.486 e. The lowest BCUT2D eigenvalue weighted by molar-refractivity contribution is 0.168. The van der Waals surface area contributed by atoms with E-state index < -0.39 is 0 Å². The predicted molar refractivity (Wildman–Crippen MR) is 85.8 cm³/mol. The van der Waals surface area contributed by atoms with Crippen molar-refractivity contribution in [3.8, 4) is 22.6 Å². The number of nitrogen functional groups attached to an aromatic ring is 1. The molecule has 0 radical (unpaired) electrons. The number of halogens is 1. The topological polar surface area (TPSA) is 62.3 Å². The molecule has 0 saturated carbocycles. The minimum absolute atomic E-state index is 0.281. The summed E-state index contributed by atoms with van der Waals surface area (Å²) in [5, 5.41) is 4.24. The number of anilines is 1. The van der Waals surface area contributed by atoms with Gasteiger partial charge >= 0.3 is 0 Å². The summed E-state index contributed by atoms with van der Waals surface area (Å²) in [6.45, 7) is 5.40. The van der Waals surface area contributed by atoms with Crippen molar-refractivity contribution in [2.75, 3.05) is 18.9 Å². The Morgan fingerprint density at radius 2 is 1.90 bits per heavy atom. The summed E-state index contributed by atoms with van der Waals surface area (Å²) in [6, 6.07) is 2.04. The van der Waals surface area contributed by atoms with Gasteiger partial charge in [0.2, 0.25) is 0 Å². The van der Waals surface area contributed by atoms with Crippen LogP contribution < -0.4 is 15.2 Å². The molecule has 1 aliphatic rings. The molecular weight excluding hydrogens is 334 g/mol. The second-order valence-corrected chi connectivity index (χ2v) is 6.25. The van der Waals surface area contributed by atoms with Crippen molar-refractivity contribution in [1.82, 2.24) is 9.78 Å². The quantitative estimate of drug-likeness (QED) is 0.901. The normalized spacial score (nSPS) is 13.8. The molecule has 1 aliphatic heterocycles. The second-order valence-electron chi connectivity index (χ2n) is 5.40. The predicted octanol–water partition coefficient (Wildman–Crippen LogP) is 3.33. The number of fused-ring (bicyclic) bond motifs is 1. The fourth-order valence-electron chi connectivity index (χ4n) is 2.64. The van der Waals surface area contributed by atoms with Gasteiger partial charge in [0.15, 0.2) is 11.5 Å². The van der Waals surface area contributed by atoms with Crippen molar-refractivity contribution in [3.63, 3.8) is 0 Å². The first-order valence-corrected chi connectivity index (χ1v) is 7.69. The van der Waals surface area contributed by atoms with E-state index in [1.807, 2.05) is 13.1 Å². The van der Waals surface area contributed by atoms with E-state index in [1.54, 1.807) is 10.9 Å². The van der Waals surface area contributed by atoms with Crippen molar-refractivity contribution in [2.24, 2.45) is 7.05 Å². The van der Waals surface area contributed by atoms with Crippen LogP contribution in [0.3, 0.4) is 0 Å². The highest BCUT2D eigenvalue weighted by molar-refractivity contribution is 9.10. The van der Waals surface area contributed by atoms with E-state index in [2.05, 4.69) is 34.9 Å². The molecule has 2 heterocycles. The van der Waals surface area contributed by atoms with Gasteiger partial charge in [0.25, 0.3) is 0 Å². The van der Waals surface area contributed by atoms with Crippen molar-refractivity contribution in [2.45, 2.75) is 19.8 Å². The maximum Gasteiger partial charge on any atom is 0.175 e. The molecule has 0 aliphatic carbocycles. The third-order valence-corrected chi connectivity index (χ3v) is 4.25. The van der Waals surface area contributed by atoms with Crippen LogP contribution in [0.1, 0.15) is 25.3 Å². The van der Waals surface area contributed by atoms with Gasteiger partial charge in [-0.2, -0.15) is 5.10 Å². The molecule has 1 aromatic heterocycles. The maximum atomic E-state index is 6.14. The van der Waals surface area contributed by atoms with Crippen LogP contribution in [0, 0.1) is 0 Å². The van der Waals surface area contributed by atoms with Crippen LogP contribution in [0.25, 0.3) is 11.1 Å². The number of hydrogen-bond acceptors (Lipinski definition) is 4. The van der Waals surface area contributed by atoms with Crippen molar-refractivity contribution >= 4 is 21.7 Å². The van der Waals surface area contributed by atoms with Gasteiger partial charge in [-0.25, -0.2) is 0 Å². The van der Waals surface area contributed by atoms with E-state index >= 15 is 0 Å². The maximum absolute atomic E-state index is 6.14. The molecule has 0 fully saturated rings. The van der Waals surface area contributed by atoms with Crippen LogP contribution in [0.2, 0.25) is 0 Å². The SMILES string of the molecule is CC(C)c1c(-c2cnn(C)c2N)cc(Br)c2c1OCCO2. The molecule has 0 amide bonds. The van der Waals surface area contributed by atoms with Gasteiger partial charge in [0.05, 0.1) is 10.7 Å². The van der Waals surface area contributed by atoms with Crippen molar-refractivity contribution in [3.05, 3.63) is 22.3 Å². The molecule has 112 valence electrons. The third kappa shape index (κ3) is 2.27. The smallest absolute Gasteiger partial charge is 0.175 e. The summed E-state index contributed by atoms with van der Waals surface area (Å²) in [5.74, 6) is 2.50. The molecule has 0 saturated heterocycles. The Bertz CT molecular complexity index is 695. The number of ether oxygens (including phenoxy) is 2. The van der Waals surface area contributed by atoms with E-state index in [1.165, 1.54) is 0 Å². The lowest BCUT2D eigenvalue weighted by Gasteiger charge is -2.26. The molecule has 0 bridgehead atoms. The highest BCUT2D eigenvalue weighted by Gasteiger charge is 2.26. The van der Waals surface area contributed by atoms with Gasteiger partial charge < -0.3 is 15.2 Å². The number of rotatable bonds is 2. The zero-order valence-corrected chi connectivity index (χ0v) is 13.9. The minimum atomic E-state index is 0.281. The van der Waals surface area contributed by atoms with Crippen LogP contribution >= 0.6 is 15.9 Å². The molecule has 3 rings (SSSR count). The van der Waals surface area contributed by atoms with Gasteiger partial charge in [-0.1, -0.05) is 13.8 Å². The Labute approximate surface area is 132 Å². The van der Waals surface area contributed by atoms with Crippen LogP contribution in [0.5, 0.6) is 11.5 Å². The highest BCUT2D eigenvalue weighted by atomic mass is 79.9. The summed E-state index contributed by atoms with van der Waals surface area (Å²) in [4.78, 5) is 0. The van der Waals surface area contributed by atoms with Gasteiger partial charge in [-0.05, 0) is 33.5 Å². The molecular formula is C15H18BrN3O2. The van der Waals surface area contributed by atoms with Gasteiger partial charge in [0, 0.05) is 18.2 Å². The average Bonchev–Trinajstić information content (AvgIpc) is 2.78. The number of benzene rings is 1. The summed E-state index contributed by atoms with van der Waals surface area (Å²) in [5.41, 5.74) is 9.20. The second kappa shape index (κ2) is 5.26. The van der Waals surface area contributed by atoms with E-state index in [0.29, 0.717) is 19.0 Å². The summed E-state index contributed by atoms with van der Waals surface area (Å²) in [7, 11) is 1.83. The Balaban J connectivity index is 2.30. The zero-order chi connectivity index (χ0) is 15.1. The summed E-state index contributed by atoms with van der Waals surface area (Å²) >= 11 is 3.57. The van der Waals surface area contributed by atoms with Gasteiger partial charge in [-0.3, -0.25) is 4.68 Å². The number of aromatic nitrogens is 2. The first kappa shape index (κ1) is 14.3. The Morgan fingerprint density at radius 3 is 2.48 bits per heavy atom. The summed E-state index contributed by atoms with van der Waals surface area (Å²) in [6.07, 6.45) is 1.79. The first-order chi connectivity index (χ1) is 10.0. The molecule has 6 heteroatoms. The standard InChI is InChI=1S/C15H18BrN3O2/c1-8(2)12-9(10-7-18-19(3)15(10)17)6-11(16)13-14(12)21-5-4-20-13/h6-8H,4-5,17H2,1-3H3. The summed E-state index contributed by atoms with van der Waals surface area (Å²) < 4.78 is 14.2. The lowest BCUT2D eigenvalue weighted by atomic mass is 9.92. The first-order valence-electron chi connectivity index (χ1n) is 6.90. The number of nitrogens with two attached hydrogens (primary N) is 1. The molecule has 21 heavy (non-hydrogen) atoms. The minimum Gasteiger partial charge on any atom is -0.486 e. The van der Waals surface area contributed by atoms with Crippen molar-refractivity contribution < 1.29 is 9.47 Å². The van der Waals surface area contributed by atoms with E-state index in [9.17, 15) is 0 Å². The molecule has 2 N–H and O–H groups in total. The van der Waals surface area contributed by atoms with Crippen LogP contribution in [-0.4, -0.2) is 23.0 Å². The van der Waals surface area contributed by atoms with Crippen LogP contribution in [-0.2, 0) is 7.05 Å². The number of aryl methyl sites for hydroxylation is 1. The Hall–Kier alpha value is -1.69. The highest BCUT2D eigenvalue weighted by Crippen LogP contribution is 2.48.